The smallest absolute Gasteiger partial charge is 0.224 e. The molecule has 0 aliphatic rings. The number of hydrogen-bond donors (Lipinski definition) is 1. The maximum absolute atomic E-state index is 12.3. The highest BCUT2D eigenvalue weighted by atomic mass is 35.5. The van der Waals surface area contributed by atoms with E-state index in [2.05, 4.69) is 0 Å². The fourth-order valence-electron chi connectivity index (χ4n) is 2.05. The van der Waals surface area contributed by atoms with Gasteiger partial charge in [-0.2, -0.15) is 0 Å². The van der Waals surface area contributed by atoms with Crippen LogP contribution in [-0.2, 0) is 14.6 Å². The van der Waals surface area contributed by atoms with Gasteiger partial charge < -0.3 is 10.6 Å². The molecule has 0 fully saturated rings. The number of nitrogens with two attached hydrogens (primary N) is 1. The Morgan fingerprint density at radius 3 is 2.18 bits per heavy atom. The molecule has 0 aliphatic carbocycles. The van der Waals surface area contributed by atoms with Gasteiger partial charge in [-0.3, -0.25) is 4.79 Å². The van der Waals surface area contributed by atoms with Crippen molar-refractivity contribution in [2.24, 2.45) is 5.73 Å². The van der Waals surface area contributed by atoms with Crippen LogP contribution in [0.25, 0.3) is 0 Å². The molecule has 22 heavy (non-hydrogen) atoms. The van der Waals surface area contributed by atoms with Crippen molar-refractivity contribution in [3.63, 3.8) is 0 Å². The molecule has 0 radical (unpaired) electrons. The number of rotatable bonds is 6. The molecule has 1 amide bonds. The van der Waals surface area contributed by atoms with Crippen LogP contribution in [0.15, 0.2) is 30.3 Å². The minimum Gasteiger partial charge on any atom is -0.342 e. The number of hydrogen-bond acceptors (Lipinski definition) is 4. The molecule has 5 nitrogen and oxygen atoms in total. The second-order valence-corrected chi connectivity index (χ2v) is 7.90. The average molecular weight is 349 g/mol. The Bertz CT molecular complexity index is 578. The first-order chi connectivity index (χ1) is 9.64. The topological polar surface area (TPSA) is 80.5 Å². The molecular weight excluding hydrogens is 324 g/mol. The normalized spacial score (nSPS) is 15.3. The third-order valence-corrected chi connectivity index (χ3v) is 5.73. The van der Waals surface area contributed by atoms with Crippen LogP contribution in [0.4, 0.5) is 0 Å². The number of amides is 1. The number of benzene rings is 1. The van der Waals surface area contributed by atoms with Crippen molar-refractivity contribution >= 4 is 28.2 Å². The molecular formula is C15H25ClN2O3S. The molecule has 0 aliphatic heterocycles. The first kappa shape index (κ1) is 20.9. The Kier molecular flexibility index (Phi) is 8.07. The minimum atomic E-state index is -3.19. The standard InChI is InChI=1S/C15H24N2O3S.ClH/c1-11(12(2)21(4,19)20)17(3)15(18)10-14(16)13-8-6-5-7-9-13;/h5-9,11-12,14H,10,16H2,1-4H3;1H. The van der Waals surface area contributed by atoms with E-state index in [9.17, 15) is 13.2 Å². The van der Waals surface area contributed by atoms with Crippen LogP contribution in [0, 0.1) is 0 Å². The molecule has 0 bridgehead atoms. The van der Waals surface area contributed by atoms with Crippen molar-refractivity contribution in [3.05, 3.63) is 35.9 Å². The van der Waals surface area contributed by atoms with E-state index in [1.54, 1.807) is 20.9 Å². The summed E-state index contributed by atoms with van der Waals surface area (Å²) in [6.07, 6.45) is 1.34. The number of nitrogens with zero attached hydrogens (tertiary/aromatic N) is 1. The Labute approximate surface area is 139 Å². The van der Waals surface area contributed by atoms with Crippen LogP contribution in [0.2, 0.25) is 0 Å². The molecule has 0 saturated carbocycles. The SMILES string of the molecule is CC(C(C)S(C)(=O)=O)N(C)C(=O)CC(N)c1ccccc1.Cl. The van der Waals surface area contributed by atoms with Crippen molar-refractivity contribution in [3.8, 4) is 0 Å². The van der Waals surface area contributed by atoms with E-state index in [1.807, 2.05) is 30.3 Å². The molecule has 3 unspecified atom stereocenters. The van der Waals surface area contributed by atoms with Gasteiger partial charge >= 0.3 is 0 Å². The van der Waals surface area contributed by atoms with Gasteiger partial charge in [0.05, 0.1) is 5.25 Å². The maximum Gasteiger partial charge on any atom is 0.224 e. The third-order valence-electron chi connectivity index (χ3n) is 3.98. The Hall–Kier alpha value is -1.11. The second kappa shape index (κ2) is 8.50. The average Bonchev–Trinajstić information content (AvgIpc) is 2.44. The molecule has 2 N–H and O–H groups in total. The quantitative estimate of drug-likeness (QED) is 0.849. The lowest BCUT2D eigenvalue weighted by atomic mass is 10.0. The summed E-state index contributed by atoms with van der Waals surface area (Å²) in [7, 11) is -1.57. The molecule has 0 aromatic heterocycles. The molecule has 1 rings (SSSR count). The second-order valence-electron chi connectivity index (χ2n) is 5.50. The van der Waals surface area contributed by atoms with Gasteiger partial charge in [-0.25, -0.2) is 8.42 Å². The summed E-state index contributed by atoms with van der Waals surface area (Å²) in [5.74, 6) is -0.158. The summed E-state index contributed by atoms with van der Waals surface area (Å²) in [6.45, 7) is 3.35. The highest BCUT2D eigenvalue weighted by Gasteiger charge is 2.28. The van der Waals surface area contributed by atoms with Gasteiger partial charge in [-0.05, 0) is 19.4 Å². The van der Waals surface area contributed by atoms with Crippen LogP contribution in [0.5, 0.6) is 0 Å². The fraction of sp³-hybridized carbons (Fsp3) is 0.533. The predicted octanol–water partition coefficient (Wildman–Crippen LogP) is 1.78. The summed E-state index contributed by atoms with van der Waals surface area (Å²) in [5, 5.41) is -0.612. The molecule has 0 spiro atoms. The van der Waals surface area contributed by atoms with Crippen LogP contribution in [0.1, 0.15) is 31.9 Å². The molecule has 0 heterocycles. The number of sulfone groups is 1. The van der Waals surface area contributed by atoms with Crippen molar-refractivity contribution in [2.45, 2.75) is 37.6 Å². The Balaban J connectivity index is 0.00000441. The van der Waals surface area contributed by atoms with Crippen LogP contribution < -0.4 is 5.73 Å². The van der Waals surface area contributed by atoms with E-state index in [0.29, 0.717) is 0 Å². The zero-order chi connectivity index (χ0) is 16.2. The molecule has 126 valence electrons. The van der Waals surface area contributed by atoms with E-state index < -0.39 is 21.1 Å². The highest BCUT2D eigenvalue weighted by Crippen LogP contribution is 2.17. The summed E-state index contributed by atoms with van der Waals surface area (Å²) >= 11 is 0. The molecule has 1 aromatic carbocycles. The Morgan fingerprint density at radius 1 is 1.23 bits per heavy atom. The summed E-state index contributed by atoms with van der Waals surface area (Å²) < 4.78 is 23.2. The van der Waals surface area contributed by atoms with E-state index >= 15 is 0 Å². The fourth-order valence-corrected chi connectivity index (χ4v) is 2.95. The molecule has 3 atom stereocenters. The van der Waals surface area contributed by atoms with Gasteiger partial charge in [-0.15, -0.1) is 12.4 Å². The summed E-state index contributed by atoms with van der Waals surface area (Å²) in [5.41, 5.74) is 6.92. The monoisotopic (exact) mass is 348 g/mol. The lowest BCUT2D eigenvalue weighted by molar-refractivity contribution is -0.132. The first-order valence-electron chi connectivity index (χ1n) is 6.89. The Morgan fingerprint density at radius 2 is 1.73 bits per heavy atom. The lowest BCUT2D eigenvalue weighted by Crippen LogP contribution is -2.45. The van der Waals surface area contributed by atoms with Crippen LogP contribution >= 0.6 is 12.4 Å². The maximum atomic E-state index is 12.3. The van der Waals surface area contributed by atoms with Gasteiger partial charge in [-0.1, -0.05) is 30.3 Å². The van der Waals surface area contributed by atoms with Crippen LogP contribution in [-0.4, -0.2) is 43.8 Å². The summed E-state index contributed by atoms with van der Waals surface area (Å²) in [6, 6.07) is 8.61. The van der Waals surface area contributed by atoms with Crippen molar-refractivity contribution in [1.29, 1.82) is 0 Å². The van der Waals surface area contributed by atoms with Gasteiger partial charge in [0.1, 0.15) is 0 Å². The van der Waals surface area contributed by atoms with E-state index in [4.69, 9.17) is 5.73 Å². The predicted molar refractivity (Wildman–Crippen MR) is 91.8 cm³/mol. The van der Waals surface area contributed by atoms with E-state index in [1.165, 1.54) is 11.2 Å². The van der Waals surface area contributed by atoms with E-state index in [-0.39, 0.29) is 30.8 Å². The zero-order valence-electron chi connectivity index (χ0n) is 13.4. The minimum absolute atomic E-state index is 0. The number of carbonyl (C=O) groups excluding carboxylic acids is 1. The molecule has 1 aromatic rings. The molecule has 0 saturated heterocycles. The van der Waals surface area contributed by atoms with Crippen molar-refractivity contribution < 1.29 is 13.2 Å². The first-order valence-corrected chi connectivity index (χ1v) is 8.85. The summed E-state index contributed by atoms with van der Waals surface area (Å²) in [4.78, 5) is 13.7. The van der Waals surface area contributed by atoms with E-state index in [0.717, 1.165) is 5.56 Å². The highest BCUT2D eigenvalue weighted by molar-refractivity contribution is 7.91. The van der Waals surface area contributed by atoms with Crippen molar-refractivity contribution in [2.75, 3.05) is 13.3 Å². The molecule has 7 heteroatoms. The number of carbonyl (C=O) groups is 1. The van der Waals surface area contributed by atoms with Gasteiger partial charge in [0, 0.05) is 31.8 Å². The largest absolute Gasteiger partial charge is 0.342 e. The van der Waals surface area contributed by atoms with Gasteiger partial charge in [0.25, 0.3) is 0 Å². The van der Waals surface area contributed by atoms with Crippen molar-refractivity contribution in [1.82, 2.24) is 4.90 Å². The number of halogens is 1. The lowest BCUT2D eigenvalue weighted by Gasteiger charge is -2.29. The third kappa shape index (κ3) is 5.59. The van der Waals surface area contributed by atoms with Gasteiger partial charge in [0.15, 0.2) is 9.84 Å². The zero-order valence-corrected chi connectivity index (χ0v) is 15.0. The van der Waals surface area contributed by atoms with Gasteiger partial charge in [0.2, 0.25) is 5.91 Å². The van der Waals surface area contributed by atoms with Crippen LogP contribution in [0.3, 0.4) is 0 Å².